The molecule has 4 nitrogen and oxygen atoms in total. The molecule has 2 aromatic rings. The summed E-state index contributed by atoms with van der Waals surface area (Å²) in [6.45, 7) is 4.54. The van der Waals surface area contributed by atoms with Gasteiger partial charge in [0.1, 0.15) is 5.75 Å². The highest BCUT2D eigenvalue weighted by molar-refractivity contribution is 5.75. The lowest BCUT2D eigenvalue weighted by Gasteiger charge is -2.27. The van der Waals surface area contributed by atoms with E-state index >= 15 is 0 Å². The van der Waals surface area contributed by atoms with Crippen molar-refractivity contribution in [2.24, 2.45) is 11.8 Å². The number of benzene rings is 1. The van der Waals surface area contributed by atoms with E-state index in [4.69, 9.17) is 4.74 Å². The number of unbranched alkanes of at least 4 members (excludes halogenated alkanes) is 13. The van der Waals surface area contributed by atoms with Gasteiger partial charge in [-0.05, 0) is 74.3 Å². The summed E-state index contributed by atoms with van der Waals surface area (Å²) in [5.41, 5.74) is 2.16. The summed E-state index contributed by atoms with van der Waals surface area (Å²) in [6.07, 6.45) is 30.8. The highest BCUT2D eigenvalue weighted by atomic mass is 16.5. The second-order valence-electron chi connectivity index (χ2n) is 12.2. The molecule has 1 heterocycles. The van der Waals surface area contributed by atoms with E-state index in [1.165, 1.54) is 121 Å². The molecule has 1 saturated carbocycles. The van der Waals surface area contributed by atoms with Crippen molar-refractivity contribution in [1.82, 2.24) is 9.97 Å². The largest absolute Gasteiger partial charge is 0.426 e. The Hall–Kier alpha value is -2.23. The minimum Gasteiger partial charge on any atom is -0.426 e. The summed E-state index contributed by atoms with van der Waals surface area (Å²) in [5, 5.41) is 0. The second-order valence-corrected chi connectivity index (χ2v) is 12.2. The van der Waals surface area contributed by atoms with Crippen molar-refractivity contribution in [1.29, 1.82) is 0 Å². The Morgan fingerprint density at radius 3 is 1.80 bits per heavy atom. The van der Waals surface area contributed by atoms with E-state index in [0.29, 0.717) is 5.75 Å². The van der Waals surface area contributed by atoms with Crippen molar-refractivity contribution < 1.29 is 9.53 Å². The molecule has 1 aliphatic carbocycles. The smallest absolute Gasteiger partial charge is 0.314 e. The Morgan fingerprint density at radius 1 is 0.700 bits per heavy atom. The molecule has 0 N–H and O–H groups in total. The molecule has 0 unspecified atom stereocenters. The molecule has 0 bridgehead atoms. The number of hydrogen-bond acceptors (Lipinski definition) is 4. The molecule has 1 aliphatic rings. The fraction of sp³-hybridized carbons (Fsp3) is 0.694. The monoisotopic (exact) mass is 548 g/mol. The van der Waals surface area contributed by atoms with Gasteiger partial charge in [0.2, 0.25) is 0 Å². The van der Waals surface area contributed by atoms with Gasteiger partial charge in [-0.1, -0.05) is 110 Å². The molecule has 0 amide bonds. The maximum absolute atomic E-state index is 12.8. The zero-order valence-electron chi connectivity index (χ0n) is 25.7. The molecule has 222 valence electrons. The minimum atomic E-state index is -0.0678. The Balaban J connectivity index is 1.30. The summed E-state index contributed by atoms with van der Waals surface area (Å²) >= 11 is 0. The van der Waals surface area contributed by atoms with Crippen molar-refractivity contribution in [3.8, 4) is 17.1 Å². The number of aromatic nitrogens is 2. The lowest BCUT2D eigenvalue weighted by atomic mass is 9.80. The van der Waals surface area contributed by atoms with Crippen LogP contribution in [0.15, 0.2) is 36.7 Å². The van der Waals surface area contributed by atoms with E-state index in [1.54, 1.807) is 0 Å². The summed E-state index contributed by atoms with van der Waals surface area (Å²) < 4.78 is 5.75. The predicted molar refractivity (Wildman–Crippen MR) is 167 cm³/mol. The molecule has 40 heavy (non-hydrogen) atoms. The molecular formula is C36H56N2O2. The molecule has 1 aromatic heterocycles. The summed E-state index contributed by atoms with van der Waals surface area (Å²) in [4.78, 5) is 22.0. The first-order valence-corrected chi connectivity index (χ1v) is 16.8. The van der Waals surface area contributed by atoms with E-state index in [0.717, 1.165) is 36.6 Å². The van der Waals surface area contributed by atoms with Crippen LogP contribution in [0.3, 0.4) is 0 Å². The van der Waals surface area contributed by atoms with Crippen LogP contribution in [-0.4, -0.2) is 15.9 Å². The first-order chi connectivity index (χ1) is 19.7. The third-order valence-electron chi connectivity index (χ3n) is 8.75. The van der Waals surface area contributed by atoms with E-state index in [1.807, 2.05) is 36.7 Å². The van der Waals surface area contributed by atoms with Crippen LogP contribution in [0.5, 0.6) is 5.75 Å². The lowest BCUT2D eigenvalue weighted by molar-refractivity contribution is -0.140. The van der Waals surface area contributed by atoms with Gasteiger partial charge in [-0.2, -0.15) is 0 Å². The summed E-state index contributed by atoms with van der Waals surface area (Å²) in [5.74, 6) is 2.11. The van der Waals surface area contributed by atoms with Crippen LogP contribution in [0.2, 0.25) is 0 Å². The van der Waals surface area contributed by atoms with Crippen molar-refractivity contribution in [2.75, 3.05) is 0 Å². The predicted octanol–water partition coefficient (Wildman–Crippen LogP) is 10.7. The average Bonchev–Trinajstić information content (AvgIpc) is 2.99. The number of ether oxygens (including phenoxy) is 1. The maximum Gasteiger partial charge on any atom is 0.314 e. The number of carbonyl (C=O) groups excluding carboxylic acids is 1. The molecule has 0 spiro atoms. The van der Waals surface area contributed by atoms with Crippen LogP contribution < -0.4 is 4.74 Å². The fourth-order valence-corrected chi connectivity index (χ4v) is 6.04. The Morgan fingerprint density at radius 2 is 1.23 bits per heavy atom. The molecule has 0 saturated heterocycles. The van der Waals surface area contributed by atoms with Crippen molar-refractivity contribution >= 4 is 5.97 Å². The molecule has 4 heteroatoms. The van der Waals surface area contributed by atoms with Crippen LogP contribution in [0, 0.1) is 11.8 Å². The molecule has 1 aromatic carbocycles. The number of carbonyl (C=O) groups is 1. The summed E-state index contributed by atoms with van der Waals surface area (Å²) in [7, 11) is 0. The minimum absolute atomic E-state index is 0.0439. The molecule has 1 fully saturated rings. The Labute approximate surface area is 245 Å². The highest BCUT2D eigenvalue weighted by Gasteiger charge is 2.27. The van der Waals surface area contributed by atoms with Gasteiger partial charge in [0, 0.05) is 18.0 Å². The Kier molecular flexibility index (Phi) is 16.0. The third kappa shape index (κ3) is 12.5. The van der Waals surface area contributed by atoms with E-state index in [9.17, 15) is 4.79 Å². The van der Waals surface area contributed by atoms with Gasteiger partial charge in [-0.25, -0.2) is 9.97 Å². The van der Waals surface area contributed by atoms with Crippen LogP contribution in [0.4, 0.5) is 0 Å². The lowest BCUT2D eigenvalue weighted by Crippen LogP contribution is -2.25. The van der Waals surface area contributed by atoms with Gasteiger partial charge in [0.25, 0.3) is 0 Å². The van der Waals surface area contributed by atoms with Gasteiger partial charge in [0.15, 0.2) is 5.82 Å². The molecule has 3 rings (SSSR count). The van der Waals surface area contributed by atoms with Crippen molar-refractivity contribution in [3.05, 3.63) is 42.2 Å². The van der Waals surface area contributed by atoms with E-state index < -0.39 is 0 Å². The summed E-state index contributed by atoms with van der Waals surface area (Å²) in [6, 6.07) is 7.65. The number of hydrogen-bond donors (Lipinski definition) is 0. The van der Waals surface area contributed by atoms with E-state index in [-0.39, 0.29) is 11.9 Å². The van der Waals surface area contributed by atoms with Crippen molar-refractivity contribution in [3.63, 3.8) is 0 Å². The maximum atomic E-state index is 12.8. The van der Waals surface area contributed by atoms with Gasteiger partial charge < -0.3 is 4.74 Å². The van der Waals surface area contributed by atoms with Gasteiger partial charge in [-0.3, -0.25) is 4.79 Å². The number of nitrogens with zero attached hydrogens (tertiary/aromatic N) is 2. The van der Waals surface area contributed by atoms with Crippen LogP contribution in [0.1, 0.15) is 148 Å². The quantitative estimate of drug-likeness (QED) is 0.0938. The molecule has 0 atom stereocenters. The zero-order valence-corrected chi connectivity index (χ0v) is 25.7. The SMILES string of the molecule is CCCCCCCCCCCCc1cnc(-c2ccc(OC(=O)C3CCC(CCCCCCC)CC3)cc2)nc1. The normalized spacial score (nSPS) is 17.1. The van der Waals surface area contributed by atoms with Gasteiger partial charge in [-0.15, -0.1) is 0 Å². The van der Waals surface area contributed by atoms with E-state index in [2.05, 4.69) is 23.8 Å². The first-order valence-electron chi connectivity index (χ1n) is 16.8. The fourth-order valence-electron chi connectivity index (χ4n) is 6.04. The third-order valence-corrected chi connectivity index (χ3v) is 8.75. The number of esters is 1. The molecular weight excluding hydrogens is 492 g/mol. The molecule has 0 radical (unpaired) electrons. The van der Waals surface area contributed by atoms with Gasteiger partial charge >= 0.3 is 5.97 Å². The first kappa shape index (κ1) is 32.3. The average molecular weight is 549 g/mol. The molecule has 0 aliphatic heterocycles. The second kappa shape index (κ2) is 19.8. The van der Waals surface area contributed by atoms with Crippen LogP contribution in [0.25, 0.3) is 11.4 Å². The standard InChI is InChI=1S/C36H56N2O2/c1-3-5-7-9-10-11-12-13-15-17-19-31-28-37-35(38-29-31)32-24-26-34(27-25-32)40-36(39)33-22-20-30(21-23-33)18-16-14-8-6-4-2/h24-30,33H,3-23H2,1-2H3. The van der Waals surface area contributed by atoms with Crippen LogP contribution in [-0.2, 0) is 11.2 Å². The zero-order chi connectivity index (χ0) is 28.3. The number of aryl methyl sites for hydroxylation is 1. The van der Waals surface area contributed by atoms with Gasteiger partial charge in [0.05, 0.1) is 5.92 Å². The topological polar surface area (TPSA) is 52.1 Å². The highest BCUT2D eigenvalue weighted by Crippen LogP contribution is 2.33. The van der Waals surface area contributed by atoms with Crippen molar-refractivity contribution in [2.45, 2.75) is 149 Å². The number of rotatable bonds is 20. The Bertz CT molecular complexity index is 917. The van der Waals surface area contributed by atoms with Crippen LogP contribution >= 0.6 is 0 Å².